The first-order valence-corrected chi connectivity index (χ1v) is 16.9. The molecule has 4 saturated carbocycles. The quantitative estimate of drug-likeness (QED) is 0.198. The average Bonchev–Trinajstić information content (AvgIpc) is 3.37. The molecule has 5 aliphatic carbocycles. The lowest BCUT2D eigenvalue weighted by Gasteiger charge is -2.61. The van der Waals surface area contributed by atoms with E-state index in [0.29, 0.717) is 0 Å². The number of benzene rings is 6. The largest absolute Gasteiger partial charge is 0.456 e. The van der Waals surface area contributed by atoms with Gasteiger partial charge >= 0.3 is 0 Å². The summed E-state index contributed by atoms with van der Waals surface area (Å²) in [4.78, 5) is 0. The van der Waals surface area contributed by atoms with Gasteiger partial charge in [0.25, 0.3) is 0 Å². The third-order valence-electron chi connectivity index (χ3n) is 12.5. The molecule has 0 amide bonds. The van der Waals surface area contributed by atoms with E-state index in [9.17, 15) is 0 Å². The summed E-state index contributed by atoms with van der Waals surface area (Å²) in [6.45, 7) is 0. The van der Waals surface area contributed by atoms with E-state index in [2.05, 4.69) is 121 Å². The zero-order valence-electron chi connectivity index (χ0n) is 25.3. The molecule has 0 atom stereocenters. The van der Waals surface area contributed by atoms with Crippen LogP contribution < -0.4 is 4.74 Å². The Bertz CT molecular complexity index is 2190. The maximum absolute atomic E-state index is 6.45. The Morgan fingerprint density at radius 2 is 1.07 bits per heavy atom. The first-order valence-electron chi connectivity index (χ1n) is 16.9. The van der Waals surface area contributed by atoms with E-state index >= 15 is 0 Å². The lowest BCUT2D eigenvalue weighted by molar-refractivity contribution is -0.0399. The molecule has 0 unspecified atom stereocenters. The fraction of sp³-hybridized carbons (Fsp3) is 0.227. The number of fused-ring (bicyclic) bond motifs is 5. The number of hydrogen-bond acceptors (Lipinski definition) is 1. The van der Waals surface area contributed by atoms with Gasteiger partial charge in [-0.2, -0.15) is 0 Å². The fourth-order valence-corrected chi connectivity index (χ4v) is 11.0. The summed E-state index contributed by atoms with van der Waals surface area (Å²) >= 11 is 0. The normalized spacial score (nSPS) is 26.0. The topological polar surface area (TPSA) is 9.23 Å². The average molecular weight is 579 g/mol. The van der Waals surface area contributed by atoms with Crippen molar-refractivity contribution in [1.82, 2.24) is 0 Å². The molecule has 6 aliphatic rings. The molecule has 0 radical (unpaired) electrons. The van der Waals surface area contributed by atoms with Crippen LogP contribution in [-0.2, 0) is 5.41 Å². The van der Waals surface area contributed by atoms with Crippen LogP contribution in [-0.4, -0.2) is 0 Å². The van der Waals surface area contributed by atoms with Crippen LogP contribution in [0.5, 0.6) is 11.5 Å². The molecule has 0 saturated heterocycles. The van der Waals surface area contributed by atoms with Crippen molar-refractivity contribution in [3.8, 4) is 56.0 Å². The Kier molecular flexibility index (Phi) is 4.80. The van der Waals surface area contributed by atoms with Crippen molar-refractivity contribution >= 4 is 10.8 Å². The van der Waals surface area contributed by atoms with Gasteiger partial charge in [0.2, 0.25) is 0 Å². The van der Waals surface area contributed by atoms with Crippen molar-refractivity contribution in [2.45, 2.75) is 37.5 Å². The Labute approximate surface area is 264 Å². The number of hydrogen-bond donors (Lipinski definition) is 0. The van der Waals surface area contributed by atoms with Crippen molar-refractivity contribution in [1.29, 1.82) is 0 Å². The van der Waals surface area contributed by atoms with Crippen molar-refractivity contribution in [3.05, 3.63) is 132 Å². The lowest BCUT2D eigenvalue weighted by Crippen LogP contribution is -2.55. The summed E-state index contributed by atoms with van der Waals surface area (Å²) in [5.74, 6) is 5.32. The maximum atomic E-state index is 6.45. The van der Waals surface area contributed by atoms with E-state index < -0.39 is 0 Å². The minimum atomic E-state index is 0.180. The molecule has 12 rings (SSSR count). The number of ether oxygens (including phenoxy) is 1. The second-order valence-corrected chi connectivity index (χ2v) is 14.5. The van der Waals surface area contributed by atoms with Crippen LogP contribution >= 0.6 is 0 Å². The van der Waals surface area contributed by atoms with Crippen molar-refractivity contribution < 1.29 is 4.74 Å². The molecule has 1 aliphatic heterocycles. The summed E-state index contributed by atoms with van der Waals surface area (Å²) in [6, 6.07) is 45.6. The highest BCUT2D eigenvalue weighted by Crippen LogP contribution is 2.69. The van der Waals surface area contributed by atoms with Gasteiger partial charge in [-0.1, -0.05) is 97.1 Å². The molecular weight excluding hydrogens is 544 g/mol. The van der Waals surface area contributed by atoms with Gasteiger partial charge < -0.3 is 4.74 Å². The van der Waals surface area contributed by atoms with Gasteiger partial charge in [-0.15, -0.1) is 0 Å². The van der Waals surface area contributed by atoms with Gasteiger partial charge in [-0.25, -0.2) is 0 Å². The van der Waals surface area contributed by atoms with E-state index in [4.69, 9.17) is 4.74 Å². The number of rotatable bonds is 2. The summed E-state index contributed by atoms with van der Waals surface area (Å²) in [5.41, 5.74) is 14.0. The van der Waals surface area contributed by atoms with Gasteiger partial charge in [0.1, 0.15) is 11.5 Å². The van der Waals surface area contributed by atoms with E-state index in [0.717, 1.165) is 35.2 Å². The smallest absolute Gasteiger partial charge is 0.135 e. The SMILES string of the molecule is c1ccc(-c2ccc3c(c2)C2(c4ccccc4-3)C3CC4CC(C3)CC2C4)c(-c2ccc3c(c2)-c2cccc4cccc(c24)O3)c1. The molecule has 6 aromatic rings. The Morgan fingerprint density at radius 3 is 1.84 bits per heavy atom. The maximum Gasteiger partial charge on any atom is 0.135 e. The highest BCUT2D eigenvalue weighted by Gasteiger charge is 2.61. The standard InChI is InChI=1S/C44H34O/c1-2-10-34(33(9-1)29-16-18-41-38(24-29)37-12-5-7-28-8-6-14-42(45-41)43(28)37)30-15-17-36-35-11-3-4-13-39(35)44(40(36)25-30)31-20-26-19-27(22-31)23-32(44)21-26/h1-18,24-27,31-32H,19-23H2. The molecule has 216 valence electrons. The van der Waals surface area contributed by atoms with Crippen LogP contribution in [0.15, 0.2) is 121 Å². The van der Waals surface area contributed by atoms with Gasteiger partial charge in [-0.05, 0) is 135 Å². The minimum absolute atomic E-state index is 0.180. The first kappa shape index (κ1) is 24.7. The summed E-state index contributed by atoms with van der Waals surface area (Å²) in [6.07, 6.45) is 7.13. The lowest BCUT2D eigenvalue weighted by atomic mass is 9.43. The van der Waals surface area contributed by atoms with Gasteiger partial charge in [0.15, 0.2) is 0 Å². The molecule has 1 spiro atoms. The Hall–Kier alpha value is -4.62. The predicted molar refractivity (Wildman–Crippen MR) is 184 cm³/mol. The molecule has 1 heterocycles. The van der Waals surface area contributed by atoms with Crippen molar-refractivity contribution in [3.63, 3.8) is 0 Å². The second-order valence-electron chi connectivity index (χ2n) is 14.5. The molecule has 45 heavy (non-hydrogen) atoms. The van der Waals surface area contributed by atoms with Crippen LogP contribution in [0, 0.1) is 23.7 Å². The Morgan fingerprint density at radius 1 is 0.444 bits per heavy atom. The van der Waals surface area contributed by atoms with Crippen LogP contribution in [0.4, 0.5) is 0 Å². The van der Waals surface area contributed by atoms with E-state index in [-0.39, 0.29) is 5.41 Å². The van der Waals surface area contributed by atoms with E-state index in [1.807, 2.05) is 0 Å². The molecule has 1 heteroatoms. The van der Waals surface area contributed by atoms with Crippen LogP contribution in [0.3, 0.4) is 0 Å². The zero-order chi connectivity index (χ0) is 29.3. The van der Waals surface area contributed by atoms with Crippen molar-refractivity contribution in [2.75, 3.05) is 0 Å². The molecular formula is C44H34O. The van der Waals surface area contributed by atoms with Gasteiger partial charge in [-0.3, -0.25) is 0 Å². The van der Waals surface area contributed by atoms with Crippen LogP contribution in [0.1, 0.15) is 43.2 Å². The first-order chi connectivity index (χ1) is 22.3. The third kappa shape index (κ3) is 3.19. The van der Waals surface area contributed by atoms with Gasteiger partial charge in [0.05, 0.1) is 0 Å². The molecule has 6 aromatic carbocycles. The summed E-state index contributed by atoms with van der Waals surface area (Å²) in [7, 11) is 0. The second kappa shape index (κ2) is 8.76. The monoisotopic (exact) mass is 578 g/mol. The van der Waals surface area contributed by atoms with Gasteiger partial charge in [0, 0.05) is 16.4 Å². The Balaban J connectivity index is 1.08. The molecule has 4 bridgehead atoms. The molecule has 0 aromatic heterocycles. The molecule has 4 fully saturated rings. The van der Waals surface area contributed by atoms with Crippen LogP contribution in [0.25, 0.3) is 55.3 Å². The highest BCUT2D eigenvalue weighted by atomic mass is 16.5. The molecule has 1 nitrogen and oxygen atoms in total. The molecule has 0 N–H and O–H groups in total. The van der Waals surface area contributed by atoms with Crippen molar-refractivity contribution in [2.24, 2.45) is 23.7 Å². The predicted octanol–water partition coefficient (Wildman–Crippen LogP) is 11.7. The van der Waals surface area contributed by atoms with Crippen LogP contribution in [0.2, 0.25) is 0 Å². The minimum Gasteiger partial charge on any atom is -0.456 e. The summed E-state index contributed by atoms with van der Waals surface area (Å²) in [5, 5.41) is 2.43. The van der Waals surface area contributed by atoms with E-state index in [1.165, 1.54) is 87.4 Å². The third-order valence-corrected chi connectivity index (χ3v) is 12.5. The van der Waals surface area contributed by atoms with E-state index in [1.54, 1.807) is 11.1 Å². The zero-order valence-corrected chi connectivity index (χ0v) is 25.3. The summed E-state index contributed by atoms with van der Waals surface area (Å²) < 4.78 is 6.45. The fourth-order valence-electron chi connectivity index (χ4n) is 11.0. The highest BCUT2D eigenvalue weighted by molar-refractivity contribution is 6.05.